The van der Waals surface area contributed by atoms with Crippen LogP contribution in [0.2, 0.25) is 0 Å². The summed E-state index contributed by atoms with van der Waals surface area (Å²) in [6.07, 6.45) is 5.05. The third-order valence-corrected chi connectivity index (χ3v) is 3.32. The molecule has 0 aliphatic carbocycles. The summed E-state index contributed by atoms with van der Waals surface area (Å²) in [5.74, 6) is 0.798. The lowest BCUT2D eigenvalue weighted by molar-refractivity contribution is 0.00447. The summed E-state index contributed by atoms with van der Waals surface area (Å²) in [6.45, 7) is 11.1. The first-order chi connectivity index (χ1) is 7.18. The minimum Gasteiger partial charge on any atom is -0.381 e. The van der Waals surface area contributed by atoms with Gasteiger partial charge in [0.1, 0.15) is 0 Å². The van der Waals surface area contributed by atoms with Gasteiger partial charge in [-0.2, -0.15) is 0 Å². The predicted molar refractivity (Wildman–Crippen MR) is 65.1 cm³/mol. The predicted octanol–water partition coefficient (Wildman–Crippen LogP) is 2.83. The summed E-state index contributed by atoms with van der Waals surface area (Å²) in [6, 6.07) is 0. The van der Waals surface area contributed by atoms with Gasteiger partial charge in [-0.1, -0.05) is 20.8 Å². The lowest BCUT2D eigenvalue weighted by atomic mass is 9.74. The molecule has 15 heavy (non-hydrogen) atoms. The van der Waals surface area contributed by atoms with Gasteiger partial charge in [0.25, 0.3) is 0 Å². The molecule has 0 bridgehead atoms. The average Bonchev–Trinajstić information content (AvgIpc) is 2.18. The number of hydrogen-bond acceptors (Lipinski definition) is 2. The van der Waals surface area contributed by atoms with E-state index < -0.39 is 0 Å². The van der Waals surface area contributed by atoms with Crippen LogP contribution in [0.4, 0.5) is 0 Å². The second-order valence-corrected chi connectivity index (χ2v) is 5.39. The third-order valence-electron chi connectivity index (χ3n) is 3.32. The molecule has 2 nitrogen and oxygen atoms in total. The van der Waals surface area contributed by atoms with Crippen molar-refractivity contribution in [2.45, 2.75) is 46.5 Å². The molecule has 1 heterocycles. The zero-order chi connectivity index (χ0) is 11.1. The lowest BCUT2D eigenvalue weighted by Gasteiger charge is -2.39. The highest BCUT2D eigenvalue weighted by molar-refractivity contribution is 4.84. The standard InChI is InChI=1S/C13H27NO/c1-4-7-14-11-13(10-12(2)3)5-8-15-9-6-13/h12,14H,4-11H2,1-3H3. The molecule has 0 aromatic heterocycles. The van der Waals surface area contributed by atoms with Crippen molar-refractivity contribution >= 4 is 0 Å². The quantitative estimate of drug-likeness (QED) is 0.685. The first-order valence-electron chi connectivity index (χ1n) is 6.47. The van der Waals surface area contributed by atoms with Gasteiger partial charge in [-0.15, -0.1) is 0 Å². The van der Waals surface area contributed by atoms with Crippen molar-refractivity contribution < 1.29 is 4.74 Å². The Morgan fingerprint density at radius 1 is 1.27 bits per heavy atom. The Kier molecular flexibility index (Phi) is 5.62. The Morgan fingerprint density at radius 3 is 2.47 bits per heavy atom. The molecule has 0 spiro atoms. The van der Waals surface area contributed by atoms with Crippen molar-refractivity contribution in [1.82, 2.24) is 5.32 Å². The zero-order valence-corrected chi connectivity index (χ0v) is 10.6. The van der Waals surface area contributed by atoms with Crippen LogP contribution in [-0.2, 0) is 4.74 Å². The first kappa shape index (κ1) is 13.0. The molecule has 1 aliphatic heterocycles. The fraction of sp³-hybridized carbons (Fsp3) is 1.00. The van der Waals surface area contributed by atoms with Gasteiger partial charge in [-0.05, 0) is 43.6 Å². The van der Waals surface area contributed by atoms with Gasteiger partial charge in [0.05, 0.1) is 0 Å². The van der Waals surface area contributed by atoms with Crippen LogP contribution < -0.4 is 5.32 Å². The highest BCUT2D eigenvalue weighted by Crippen LogP contribution is 2.36. The summed E-state index contributed by atoms with van der Waals surface area (Å²) in [5.41, 5.74) is 0.515. The van der Waals surface area contributed by atoms with Gasteiger partial charge < -0.3 is 10.1 Å². The smallest absolute Gasteiger partial charge is 0.0471 e. The van der Waals surface area contributed by atoms with E-state index in [1.807, 2.05) is 0 Å². The molecule has 1 N–H and O–H groups in total. The van der Waals surface area contributed by atoms with Crippen LogP contribution in [0.5, 0.6) is 0 Å². The van der Waals surface area contributed by atoms with Crippen molar-refractivity contribution in [3.63, 3.8) is 0 Å². The summed E-state index contributed by atoms with van der Waals surface area (Å²) in [7, 11) is 0. The maximum absolute atomic E-state index is 5.48. The second-order valence-electron chi connectivity index (χ2n) is 5.39. The molecule has 0 atom stereocenters. The summed E-state index contributed by atoms with van der Waals surface area (Å²) in [4.78, 5) is 0. The second kappa shape index (κ2) is 6.49. The SMILES string of the molecule is CCCNCC1(CC(C)C)CCOCC1. The minimum atomic E-state index is 0.515. The molecule has 0 saturated carbocycles. The Balaban J connectivity index is 2.42. The zero-order valence-electron chi connectivity index (χ0n) is 10.6. The van der Waals surface area contributed by atoms with Crippen LogP contribution in [0.3, 0.4) is 0 Å². The monoisotopic (exact) mass is 213 g/mol. The van der Waals surface area contributed by atoms with Gasteiger partial charge in [0.15, 0.2) is 0 Å². The number of nitrogens with one attached hydrogen (secondary N) is 1. The molecule has 0 aromatic carbocycles. The molecular formula is C13H27NO. The number of rotatable bonds is 6. The van der Waals surface area contributed by atoms with Gasteiger partial charge in [0.2, 0.25) is 0 Å². The van der Waals surface area contributed by atoms with E-state index in [9.17, 15) is 0 Å². The normalized spacial score (nSPS) is 20.8. The van der Waals surface area contributed by atoms with Crippen molar-refractivity contribution in [2.75, 3.05) is 26.3 Å². The van der Waals surface area contributed by atoms with E-state index in [0.29, 0.717) is 5.41 Å². The number of ether oxygens (including phenoxy) is 1. The van der Waals surface area contributed by atoms with E-state index in [-0.39, 0.29) is 0 Å². The van der Waals surface area contributed by atoms with Crippen molar-refractivity contribution in [3.05, 3.63) is 0 Å². The summed E-state index contributed by atoms with van der Waals surface area (Å²) in [5, 5.41) is 3.60. The maximum Gasteiger partial charge on any atom is 0.0471 e. The van der Waals surface area contributed by atoms with Crippen LogP contribution in [0.1, 0.15) is 46.5 Å². The summed E-state index contributed by atoms with van der Waals surface area (Å²) < 4.78 is 5.48. The fourth-order valence-corrected chi connectivity index (χ4v) is 2.65. The Bertz CT molecular complexity index is 162. The minimum absolute atomic E-state index is 0.515. The molecule has 0 aromatic rings. The largest absolute Gasteiger partial charge is 0.381 e. The average molecular weight is 213 g/mol. The first-order valence-corrected chi connectivity index (χ1v) is 6.47. The number of hydrogen-bond donors (Lipinski definition) is 1. The maximum atomic E-state index is 5.48. The van der Waals surface area contributed by atoms with Crippen LogP contribution in [0.15, 0.2) is 0 Å². The molecule has 0 amide bonds. The molecule has 1 fully saturated rings. The van der Waals surface area contributed by atoms with Crippen LogP contribution in [-0.4, -0.2) is 26.3 Å². The summed E-state index contributed by atoms with van der Waals surface area (Å²) >= 11 is 0. The van der Waals surface area contributed by atoms with Crippen molar-refractivity contribution in [2.24, 2.45) is 11.3 Å². The molecule has 0 radical (unpaired) electrons. The van der Waals surface area contributed by atoms with E-state index in [2.05, 4.69) is 26.1 Å². The van der Waals surface area contributed by atoms with Crippen LogP contribution in [0, 0.1) is 11.3 Å². The van der Waals surface area contributed by atoms with Crippen LogP contribution >= 0.6 is 0 Å². The van der Waals surface area contributed by atoms with Gasteiger partial charge in [-0.25, -0.2) is 0 Å². The Morgan fingerprint density at radius 2 is 1.93 bits per heavy atom. The van der Waals surface area contributed by atoms with Gasteiger partial charge in [0, 0.05) is 19.8 Å². The molecular weight excluding hydrogens is 186 g/mol. The lowest BCUT2D eigenvalue weighted by Crippen LogP contribution is -2.40. The molecule has 0 unspecified atom stereocenters. The topological polar surface area (TPSA) is 21.3 Å². The third kappa shape index (κ3) is 4.52. The van der Waals surface area contributed by atoms with E-state index in [0.717, 1.165) is 25.7 Å². The highest BCUT2D eigenvalue weighted by Gasteiger charge is 2.32. The van der Waals surface area contributed by atoms with E-state index >= 15 is 0 Å². The van der Waals surface area contributed by atoms with E-state index in [1.54, 1.807) is 0 Å². The van der Waals surface area contributed by atoms with Crippen molar-refractivity contribution in [3.8, 4) is 0 Å². The van der Waals surface area contributed by atoms with Gasteiger partial charge in [-0.3, -0.25) is 0 Å². The van der Waals surface area contributed by atoms with Crippen molar-refractivity contribution in [1.29, 1.82) is 0 Å². The van der Waals surface area contributed by atoms with E-state index in [1.165, 1.54) is 32.2 Å². The molecule has 1 aliphatic rings. The Labute approximate surface area is 94.8 Å². The molecule has 1 saturated heterocycles. The molecule has 2 heteroatoms. The highest BCUT2D eigenvalue weighted by atomic mass is 16.5. The van der Waals surface area contributed by atoms with E-state index in [4.69, 9.17) is 4.74 Å². The molecule has 90 valence electrons. The molecule has 1 rings (SSSR count). The van der Waals surface area contributed by atoms with Gasteiger partial charge >= 0.3 is 0 Å². The van der Waals surface area contributed by atoms with Crippen LogP contribution in [0.25, 0.3) is 0 Å². The Hall–Kier alpha value is -0.0800. The fourth-order valence-electron chi connectivity index (χ4n) is 2.65.